The van der Waals surface area contributed by atoms with Crippen molar-refractivity contribution < 1.29 is 4.79 Å². The molecule has 0 bridgehead atoms. The van der Waals surface area contributed by atoms with Gasteiger partial charge in [-0.15, -0.1) is 0 Å². The topological polar surface area (TPSA) is 69.8 Å². The molecular weight excluding hydrogens is 216 g/mol. The maximum Gasteiger partial charge on any atom is 0.315 e. The van der Waals surface area contributed by atoms with E-state index in [1.165, 1.54) is 0 Å². The van der Waals surface area contributed by atoms with Crippen LogP contribution in [-0.4, -0.2) is 21.8 Å². The van der Waals surface area contributed by atoms with Gasteiger partial charge in [-0.25, -0.2) is 4.79 Å². The maximum absolute atomic E-state index is 11.7. The molecule has 94 valence electrons. The third-order valence-electron chi connectivity index (χ3n) is 3.93. The molecule has 1 aliphatic carbocycles. The first-order chi connectivity index (χ1) is 7.84. The lowest BCUT2D eigenvalue weighted by Gasteiger charge is -2.17. The van der Waals surface area contributed by atoms with Gasteiger partial charge in [-0.2, -0.15) is 5.10 Å². The first kappa shape index (κ1) is 12.0. The highest BCUT2D eigenvalue weighted by molar-refractivity contribution is 5.75. The van der Waals surface area contributed by atoms with E-state index in [-0.39, 0.29) is 17.0 Å². The summed E-state index contributed by atoms with van der Waals surface area (Å²) in [7, 11) is 0. The zero-order chi connectivity index (χ0) is 12.7. The third-order valence-corrected chi connectivity index (χ3v) is 3.93. The number of hydrogen-bond acceptors (Lipinski definition) is 2. The van der Waals surface area contributed by atoms with Crippen LogP contribution in [0.25, 0.3) is 0 Å². The van der Waals surface area contributed by atoms with Crippen LogP contribution in [0.4, 0.5) is 4.79 Å². The number of amides is 2. The van der Waals surface area contributed by atoms with Gasteiger partial charge in [-0.1, -0.05) is 13.8 Å². The first-order valence-corrected chi connectivity index (χ1v) is 5.89. The van der Waals surface area contributed by atoms with E-state index in [1.54, 1.807) is 6.20 Å². The molecule has 1 aromatic rings. The van der Waals surface area contributed by atoms with Gasteiger partial charge in [-0.05, 0) is 25.7 Å². The maximum atomic E-state index is 11.7. The van der Waals surface area contributed by atoms with Gasteiger partial charge in [0.2, 0.25) is 0 Å². The van der Waals surface area contributed by atoms with E-state index < -0.39 is 0 Å². The molecule has 0 aliphatic heterocycles. The Morgan fingerprint density at radius 3 is 2.65 bits per heavy atom. The lowest BCUT2D eigenvalue weighted by molar-refractivity contribution is 0.233. The number of carbonyl (C=O) groups excluding carboxylic acids is 1. The second-order valence-corrected chi connectivity index (χ2v) is 5.72. The highest BCUT2D eigenvalue weighted by Crippen LogP contribution is 2.55. The summed E-state index contributed by atoms with van der Waals surface area (Å²) in [4.78, 5) is 11.7. The molecule has 5 nitrogen and oxygen atoms in total. The van der Waals surface area contributed by atoms with E-state index >= 15 is 0 Å². The van der Waals surface area contributed by atoms with Gasteiger partial charge in [0.05, 0.1) is 6.20 Å². The zero-order valence-electron chi connectivity index (χ0n) is 10.8. The second kappa shape index (κ2) is 3.75. The molecule has 0 spiro atoms. The molecule has 1 saturated carbocycles. The fourth-order valence-corrected chi connectivity index (χ4v) is 2.08. The molecule has 0 aromatic carbocycles. The van der Waals surface area contributed by atoms with Crippen molar-refractivity contribution in [1.82, 2.24) is 20.8 Å². The van der Waals surface area contributed by atoms with Crippen molar-refractivity contribution in [1.29, 1.82) is 0 Å². The summed E-state index contributed by atoms with van der Waals surface area (Å²) in [6.07, 6.45) is 2.76. The predicted molar refractivity (Wildman–Crippen MR) is 65.5 cm³/mol. The fraction of sp³-hybridized carbons (Fsp3) is 0.667. The van der Waals surface area contributed by atoms with Crippen LogP contribution in [-0.2, 0) is 6.54 Å². The lowest BCUT2D eigenvalue weighted by atomic mass is 10.1. The van der Waals surface area contributed by atoms with E-state index in [0.29, 0.717) is 6.54 Å². The number of carbonyl (C=O) groups is 1. The van der Waals surface area contributed by atoms with Gasteiger partial charge in [0, 0.05) is 23.3 Å². The number of nitrogens with one attached hydrogen (secondary N) is 3. The molecule has 0 radical (unpaired) electrons. The van der Waals surface area contributed by atoms with Crippen molar-refractivity contribution in [3.8, 4) is 0 Å². The normalized spacial score (nSPS) is 25.4. The van der Waals surface area contributed by atoms with Crippen LogP contribution in [0.5, 0.6) is 0 Å². The standard InChI is InChI=1S/C12H20N4O/c1-8-9(6-14-16-8)5-13-10(17)15-12(4)7-11(12,2)3/h6H,5,7H2,1-4H3,(H,14,16)(H2,13,15,17). The SMILES string of the molecule is Cc1[nH]ncc1CNC(=O)NC1(C)CC1(C)C. The predicted octanol–water partition coefficient (Wildman–Crippen LogP) is 1.71. The van der Waals surface area contributed by atoms with Gasteiger partial charge in [0.1, 0.15) is 0 Å². The molecule has 1 heterocycles. The summed E-state index contributed by atoms with van der Waals surface area (Å²) in [6, 6.07) is -0.112. The lowest BCUT2D eigenvalue weighted by Crippen LogP contribution is -2.44. The molecule has 1 atom stereocenters. The summed E-state index contributed by atoms with van der Waals surface area (Å²) < 4.78 is 0. The number of nitrogens with zero attached hydrogens (tertiary/aromatic N) is 1. The monoisotopic (exact) mass is 236 g/mol. The highest BCUT2D eigenvalue weighted by atomic mass is 16.2. The van der Waals surface area contributed by atoms with E-state index in [0.717, 1.165) is 17.7 Å². The van der Waals surface area contributed by atoms with Crippen LogP contribution in [0.3, 0.4) is 0 Å². The quantitative estimate of drug-likeness (QED) is 0.747. The molecule has 1 fully saturated rings. The Morgan fingerprint density at radius 1 is 1.53 bits per heavy atom. The molecule has 3 N–H and O–H groups in total. The number of aromatic amines is 1. The molecule has 1 aliphatic rings. The van der Waals surface area contributed by atoms with Crippen LogP contribution in [0.2, 0.25) is 0 Å². The van der Waals surface area contributed by atoms with Gasteiger partial charge in [0.15, 0.2) is 0 Å². The Labute approximate surface area is 101 Å². The van der Waals surface area contributed by atoms with Gasteiger partial charge in [-0.3, -0.25) is 5.10 Å². The number of urea groups is 1. The smallest absolute Gasteiger partial charge is 0.315 e. The molecule has 17 heavy (non-hydrogen) atoms. The van der Waals surface area contributed by atoms with E-state index in [9.17, 15) is 4.79 Å². The van der Waals surface area contributed by atoms with Gasteiger partial charge in [0.25, 0.3) is 0 Å². The Hall–Kier alpha value is -1.52. The average molecular weight is 236 g/mol. The Morgan fingerprint density at radius 2 is 2.18 bits per heavy atom. The van der Waals surface area contributed by atoms with Crippen LogP contribution in [0, 0.1) is 12.3 Å². The summed E-state index contributed by atoms with van der Waals surface area (Å²) in [6.45, 7) is 8.84. The Bertz CT molecular complexity index is 437. The molecule has 2 amide bonds. The third kappa shape index (κ3) is 2.28. The van der Waals surface area contributed by atoms with E-state index in [2.05, 4.69) is 41.6 Å². The molecule has 5 heteroatoms. The summed E-state index contributed by atoms with van der Waals surface area (Å²) in [5, 5.41) is 12.6. The minimum absolute atomic E-state index is 0.0669. The highest BCUT2D eigenvalue weighted by Gasteiger charge is 2.58. The fourth-order valence-electron chi connectivity index (χ4n) is 2.08. The number of aryl methyl sites for hydroxylation is 1. The molecule has 1 unspecified atom stereocenters. The number of aromatic nitrogens is 2. The van der Waals surface area contributed by atoms with Crippen molar-refractivity contribution in [2.45, 2.75) is 46.2 Å². The van der Waals surface area contributed by atoms with Crippen molar-refractivity contribution >= 4 is 6.03 Å². The molecule has 0 saturated heterocycles. The number of hydrogen-bond donors (Lipinski definition) is 3. The van der Waals surface area contributed by atoms with Crippen LogP contribution < -0.4 is 10.6 Å². The number of H-pyrrole nitrogens is 1. The average Bonchev–Trinajstić information content (AvgIpc) is 2.57. The summed E-state index contributed by atoms with van der Waals surface area (Å²) in [5.74, 6) is 0. The Balaban J connectivity index is 1.82. The van der Waals surface area contributed by atoms with Gasteiger partial charge < -0.3 is 10.6 Å². The minimum atomic E-state index is -0.112. The van der Waals surface area contributed by atoms with Crippen molar-refractivity contribution in [3.05, 3.63) is 17.5 Å². The first-order valence-electron chi connectivity index (χ1n) is 5.89. The van der Waals surface area contributed by atoms with Crippen LogP contribution in [0.15, 0.2) is 6.20 Å². The zero-order valence-corrected chi connectivity index (χ0v) is 10.8. The molecule has 1 aromatic heterocycles. The van der Waals surface area contributed by atoms with E-state index in [1.807, 2.05) is 6.92 Å². The van der Waals surface area contributed by atoms with Crippen LogP contribution >= 0.6 is 0 Å². The van der Waals surface area contributed by atoms with Crippen molar-refractivity contribution in [3.63, 3.8) is 0 Å². The molecular formula is C12H20N4O. The Kier molecular flexibility index (Phi) is 2.64. The minimum Gasteiger partial charge on any atom is -0.334 e. The largest absolute Gasteiger partial charge is 0.334 e. The van der Waals surface area contributed by atoms with E-state index in [4.69, 9.17) is 0 Å². The van der Waals surface area contributed by atoms with Crippen molar-refractivity contribution in [2.24, 2.45) is 5.41 Å². The number of rotatable bonds is 3. The van der Waals surface area contributed by atoms with Gasteiger partial charge >= 0.3 is 6.03 Å². The van der Waals surface area contributed by atoms with Crippen LogP contribution in [0.1, 0.15) is 38.4 Å². The summed E-state index contributed by atoms with van der Waals surface area (Å²) >= 11 is 0. The second-order valence-electron chi connectivity index (χ2n) is 5.72. The summed E-state index contributed by atoms with van der Waals surface area (Å²) in [5.41, 5.74) is 2.14. The molecule has 2 rings (SSSR count). The van der Waals surface area contributed by atoms with Crippen molar-refractivity contribution in [2.75, 3.05) is 0 Å².